The lowest BCUT2D eigenvalue weighted by atomic mass is 10.1. The summed E-state index contributed by atoms with van der Waals surface area (Å²) in [5, 5.41) is 10.8. The number of nitrogens with zero attached hydrogens (tertiary/aromatic N) is 1. The van der Waals surface area contributed by atoms with Crippen LogP contribution in [-0.2, 0) is 0 Å². The van der Waals surface area contributed by atoms with Crippen molar-refractivity contribution in [2.75, 3.05) is 0 Å². The van der Waals surface area contributed by atoms with Crippen molar-refractivity contribution < 1.29 is 13.7 Å². The van der Waals surface area contributed by atoms with Crippen molar-refractivity contribution in [1.29, 1.82) is 0 Å². The van der Waals surface area contributed by atoms with Crippen LogP contribution in [0.25, 0.3) is 17.0 Å². The summed E-state index contributed by atoms with van der Waals surface area (Å²) in [6.07, 6.45) is 3.25. The van der Waals surface area contributed by atoms with E-state index in [0.29, 0.717) is 17.2 Å². The molecule has 1 aromatic carbocycles. The molecule has 0 unspecified atom stereocenters. The zero-order valence-corrected chi connectivity index (χ0v) is 7.51. The molecule has 2 rings (SSSR count). The Morgan fingerprint density at radius 3 is 3.00 bits per heavy atom. The van der Waals surface area contributed by atoms with Gasteiger partial charge in [0.25, 0.3) is 0 Å². The molecule has 0 radical (unpaired) electrons. The van der Waals surface area contributed by atoms with Crippen LogP contribution in [0.5, 0.6) is 0 Å². The average Bonchev–Trinajstić information content (AvgIpc) is 2.60. The summed E-state index contributed by atoms with van der Waals surface area (Å²) in [6.45, 7) is 0. The Hall–Kier alpha value is -2.17. The van der Waals surface area contributed by atoms with Gasteiger partial charge in [-0.15, -0.1) is 0 Å². The van der Waals surface area contributed by atoms with Gasteiger partial charge in [0.15, 0.2) is 0 Å². The molecule has 1 aromatic heterocycles. The van der Waals surface area contributed by atoms with Gasteiger partial charge in [-0.3, -0.25) is 10.1 Å². The van der Waals surface area contributed by atoms with Gasteiger partial charge in [0.2, 0.25) is 6.20 Å². The maximum absolute atomic E-state index is 13.3. The lowest BCUT2D eigenvalue weighted by molar-refractivity contribution is -0.400. The standard InChI is InChI=1S/C10H6FNO3/c11-9-6-10-8(2-4-15-10)5-7(9)1-3-12(13)14/h1-6H/b3-1+. The van der Waals surface area contributed by atoms with Crippen molar-refractivity contribution in [3.63, 3.8) is 0 Å². The van der Waals surface area contributed by atoms with Gasteiger partial charge in [0.1, 0.15) is 11.4 Å². The molecule has 0 saturated heterocycles. The number of halogens is 1. The summed E-state index contributed by atoms with van der Waals surface area (Å²) in [5.74, 6) is -0.546. The molecule has 0 fully saturated rings. The quantitative estimate of drug-likeness (QED) is 0.562. The van der Waals surface area contributed by atoms with E-state index in [1.165, 1.54) is 18.4 Å². The van der Waals surface area contributed by atoms with Crippen molar-refractivity contribution in [2.45, 2.75) is 0 Å². The number of hydrogen-bond donors (Lipinski definition) is 0. The zero-order chi connectivity index (χ0) is 10.8. The van der Waals surface area contributed by atoms with Gasteiger partial charge in [-0.1, -0.05) is 0 Å². The molecule has 76 valence electrons. The van der Waals surface area contributed by atoms with E-state index < -0.39 is 10.7 Å². The third-order valence-corrected chi connectivity index (χ3v) is 1.95. The Morgan fingerprint density at radius 1 is 1.47 bits per heavy atom. The molecule has 0 saturated carbocycles. The van der Waals surface area contributed by atoms with Gasteiger partial charge >= 0.3 is 0 Å². The molecule has 0 bridgehead atoms. The molecule has 5 heteroatoms. The number of fused-ring (bicyclic) bond motifs is 1. The number of nitro groups is 1. The summed E-state index contributed by atoms with van der Waals surface area (Å²) in [5.41, 5.74) is 0.589. The van der Waals surface area contributed by atoms with E-state index in [-0.39, 0.29) is 5.56 Å². The van der Waals surface area contributed by atoms with Crippen LogP contribution < -0.4 is 0 Å². The summed E-state index contributed by atoms with van der Waals surface area (Å²) in [4.78, 5) is 9.44. The van der Waals surface area contributed by atoms with Crippen LogP contribution in [0.15, 0.2) is 35.1 Å². The Labute approximate surface area is 83.8 Å². The third kappa shape index (κ3) is 1.85. The lowest BCUT2D eigenvalue weighted by Gasteiger charge is -1.95. The molecule has 0 N–H and O–H groups in total. The topological polar surface area (TPSA) is 56.3 Å². The summed E-state index contributed by atoms with van der Waals surface area (Å²) in [6, 6.07) is 4.36. The Bertz CT molecular complexity index is 545. The van der Waals surface area contributed by atoms with Gasteiger partial charge in [-0.2, -0.15) is 0 Å². The first-order valence-electron chi connectivity index (χ1n) is 4.15. The van der Waals surface area contributed by atoms with Crippen molar-refractivity contribution in [3.8, 4) is 0 Å². The fourth-order valence-corrected chi connectivity index (χ4v) is 1.27. The Kier molecular flexibility index (Phi) is 2.21. The second-order valence-corrected chi connectivity index (χ2v) is 2.93. The van der Waals surface area contributed by atoms with E-state index in [4.69, 9.17) is 4.42 Å². The SMILES string of the molecule is O=[N+]([O-])/C=C/c1cc2ccoc2cc1F. The first-order chi connectivity index (χ1) is 7.16. The molecule has 1 heterocycles. The molecule has 2 aromatic rings. The monoisotopic (exact) mass is 207 g/mol. The highest BCUT2D eigenvalue weighted by atomic mass is 19.1. The Morgan fingerprint density at radius 2 is 2.27 bits per heavy atom. The van der Waals surface area contributed by atoms with E-state index in [2.05, 4.69) is 0 Å². The van der Waals surface area contributed by atoms with Crippen LogP contribution in [0.2, 0.25) is 0 Å². The van der Waals surface area contributed by atoms with E-state index in [0.717, 1.165) is 6.08 Å². The molecule has 0 aliphatic rings. The molecular formula is C10H6FNO3. The minimum absolute atomic E-state index is 0.167. The van der Waals surface area contributed by atoms with Crippen molar-refractivity contribution in [2.24, 2.45) is 0 Å². The van der Waals surface area contributed by atoms with E-state index >= 15 is 0 Å². The smallest absolute Gasteiger partial charge is 0.235 e. The zero-order valence-electron chi connectivity index (χ0n) is 7.51. The minimum atomic E-state index is -0.640. The molecule has 15 heavy (non-hydrogen) atoms. The Balaban J connectivity index is 2.50. The second-order valence-electron chi connectivity index (χ2n) is 2.93. The number of hydrogen-bond acceptors (Lipinski definition) is 3. The van der Waals surface area contributed by atoms with E-state index in [9.17, 15) is 14.5 Å². The number of furan rings is 1. The van der Waals surface area contributed by atoms with Gasteiger partial charge in [0, 0.05) is 23.1 Å². The van der Waals surface area contributed by atoms with Crippen LogP contribution in [0.1, 0.15) is 5.56 Å². The molecule has 0 aliphatic carbocycles. The summed E-state index contributed by atoms with van der Waals surface area (Å²) in [7, 11) is 0. The van der Waals surface area contributed by atoms with E-state index in [1.807, 2.05) is 0 Å². The fourth-order valence-electron chi connectivity index (χ4n) is 1.27. The molecule has 0 spiro atoms. The predicted molar refractivity (Wildman–Crippen MR) is 52.2 cm³/mol. The van der Waals surface area contributed by atoms with Crippen molar-refractivity contribution >= 4 is 17.0 Å². The highest BCUT2D eigenvalue weighted by Crippen LogP contribution is 2.20. The molecule has 0 aliphatic heterocycles. The fraction of sp³-hybridized carbons (Fsp3) is 0. The average molecular weight is 207 g/mol. The maximum atomic E-state index is 13.3. The van der Waals surface area contributed by atoms with Gasteiger partial charge < -0.3 is 4.42 Å². The largest absolute Gasteiger partial charge is 0.464 e. The van der Waals surface area contributed by atoms with Gasteiger partial charge in [-0.25, -0.2) is 4.39 Å². The first kappa shape index (κ1) is 9.39. The van der Waals surface area contributed by atoms with Crippen LogP contribution >= 0.6 is 0 Å². The number of rotatable bonds is 2. The first-order valence-corrected chi connectivity index (χ1v) is 4.15. The van der Waals surface area contributed by atoms with Crippen LogP contribution in [0.4, 0.5) is 4.39 Å². The molecular weight excluding hydrogens is 201 g/mol. The summed E-state index contributed by atoms with van der Waals surface area (Å²) < 4.78 is 18.3. The normalized spacial score (nSPS) is 11.3. The minimum Gasteiger partial charge on any atom is -0.464 e. The predicted octanol–water partition coefficient (Wildman–Crippen LogP) is 2.82. The molecule has 0 amide bonds. The lowest BCUT2D eigenvalue weighted by Crippen LogP contribution is -1.85. The van der Waals surface area contributed by atoms with Crippen molar-refractivity contribution in [3.05, 3.63) is 52.2 Å². The second kappa shape index (κ2) is 3.53. The van der Waals surface area contributed by atoms with E-state index in [1.54, 1.807) is 6.07 Å². The summed E-state index contributed by atoms with van der Waals surface area (Å²) >= 11 is 0. The third-order valence-electron chi connectivity index (χ3n) is 1.95. The highest BCUT2D eigenvalue weighted by Gasteiger charge is 2.05. The molecule has 0 atom stereocenters. The number of benzene rings is 1. The van der Waals surface area contributed by atoms with Crippen LogP contribution in [-0.4, -0.2) is 4.92 Å². The van der Waals surface area contributed by atoms with Gasteiger partial charge in [0.05, 0.1) is 11.2 Å². The van der Waals surface area contributed by atoms with Gasteiger partial charge in [-0.05, 0) is 12.1 Å². The van der Waals surface area contributed by atoms with Crippen molar-refractivity contribution in [1.82, 2.24) is 0 Å². The molecule has 4 nitrogen and oxygen atoms in total. The van der Waals surface area contributed by atoms with Crippen LogP contribution in [0, 0.1) is 15.9 Å². The maximum Gasteiger partial charge on any atom is 0.235 e. The van der Waals surface area contributed by atoms with Crippen LogP contribution in [0.3, 0.4) is 0 Å². The highest BCUT2D eigenvalue weighted by molar-refractivity contribution is 5.80.